The molecule has 0 atom stereocenters. The van der Waals surface area contributed by atoms with E-state index in [-0.39, 0.29) is 6.04 Å². The minimum atomic E-state index is -3.39. The summed E-state index contributed by atoms with van der Waals surface area (Å²) in [5.41, 5.74) is 2.19. The van der Waals surface area contributed by atoms with Gasteiger partial charge in [0.05, 0.1) is 4.90 Å². The highest BCUT2D eigenvalue weighted by Crippen LogP contribution is 2.26. The lowest BCUT2D eigenvalue weighted by Crippen LogP contribution is -2.34. The zero-order chi connectivity index (χ0) is 14.7. The Labute approximate surface area is 127 Å². The third-order valence-electron chi connectivity index (χ3n) is 4.50. The van der Waals surface area contributed by atoms with E-state index in [0.717, 1.165) is 56.3 Å². The van der Waals surface area contributed by atoms with E-state index in [1.165, 1.54) is 12.8 Å². The number of hydrogen-bond acceptors (Lipinski definition) is 3. The highest BCUT2D eigenvalue weighted by atomic mass is 32.2. The van der Waals surface area contributed by atoms with Crippen LogP contribution in [0, 0.1) is 0 Å². The Balaban J connectivity index is 1.77. The van der Waals surface area contributed by atoms with E-state index in [9.17, 15) is 8.42 Å². The molecule has 1 saturated carbocycles. The molecule has 5 heteroatoms. The average Bonchev–Trinajstić information content (AvgIpc) is 2.75. The monoisotopic (exact) mass is 308 g/mol. The minimum Gasteiger partial charge on any atom is -0.385 e. The zero-order valence-electron chi connectivity index (χ0n) is 12.4. The largest absolute Gasteiger partial charge is 0.385 e. The molecule has 0 amide bonds. The maximum atomic E-state index is 12.6. The number of nitrogens with one attached hydrogen (secondary N) is 2. The van der Waals surface area contributed by atoms with Crippen LogP contribution in [-0.4, -0.2) is 21.0 Å². The molecule has 21 heavy (non-hydrogen) atoms. The van der Waals surface area contributed by atoms with Crippen LogP contribution >= 0.6 is 0 Å². The zero-order valence-corrected chi connectivity index (χ0v) is 13.2. The van der Waals surface area contributed by atoms with Crippen molar-refractivity contribution in [2.24, 2.45) is 0 Å². The fourth-order valence-electron chi connectivity index (χ4n) is 3.30. The van der Waals surface area contributed by atoms with Crippen molar-refractivity contribution < 1.29 is 8.42 Å². The van der Waals surface area contributed by atoms with Crippen LogP contribution in [0.5, 0.6) is 0 Å². The van der Waals surface area contributed by atoms with E-state index < -0.39 is 10.0 Å². The Morgan fingerprint density at radius 2 is 1.81 bits per heavy atom. The van der Waals surface area contributed by atoms with Gasteiger partial charge in [-0.25, -0.2) is 13.1 Å². The fourth-order valence-corrected chi connectivity index (χ4v) is 4.66. The molecular formula is C16H24N2O2S. The van der Waals surface area contributed by atoms with E-state index in [1.54, 1.807) is 6.07 Å². The van der Waals surface area contributed by atoms with Gasteiger partial charge in [-0.3, -0.25) is 0 Å². The molecule has 116 valence electrons. The summed E-state index contributed by atoms with van der Waals surface area (Å²) in [6.07, 6.45) is 8.65. The second-order valence-corrected chi connectivity index (χ2v) is 7.87. The van der Waals surface area contributed by atoms with Crippen molar-refractivity contribution in [1.82, 2.24) is 4.72 Å². The quantitative estimate of drug-likeness (QED) is 0.844. The van der Waals surface area contributed by atoms with Gasteiger partial charge in [0, 0.05) is 18.3 Å². The van der Waals surface area contributed by atoms with Crippen LogP contribution < -0.4 is 10.0 Å². The number of rotatable bonds is 3. The highest BCUT2D eigenvalue weighted by Gasteiger charge is 2.22. The number of sulfonamides is 1. The summed E-state index contributed by atoms with van der Waals surface area (Å²) in [7, 11) is -3.39. The summed E-state index contributed by atoms with van der Waals surface area (Å²) < 4.78 is 28.0. The Kier molecular flexibility index (Phi) is 4.50. The number of aryl methyl sites for hydroxylation is 1. The molecule has 1 aliphatic carbocycles. The molecule has 0 bridgehead atoms. The van der Waals surface area contributed by atoms with Crippen molar-refractivity contribution in [2.45, 2.75) is 62.3 Å². The Morgan fingerprint density at radius 1 is 1.05 bits per heavy atom. The number of fused-ring (bicyclic) bond motifs is 1. The predicted octanol–water partition coefficient (Wildman–Crippen LogP) is 3.05. The van der Waals surface area contributed by atoms with Gasteiger partial charge >= 0.3 is 0 Å². The van der Waals surface area contributed by atoms with Gasteiger partial charge < -0.3 is 5.32 Å². The van der Waals surface area contributed by atoms with Gasteiger partial charge in [-0.15, -0.1) is 0 Å². The van der Waals surface area contributed by atoms with Crippen LogP contribution in [0.1, 0.15) is 50.5 Å². The first kappa shape index (κ1) is 14.9. The highest BCUT2D eigenvalue weighted by molar-refractivity contribution is 7.89. The van der Waals surface area contributed by atoms with Crippen molar-refractivity contribution in [1.29, 1.82) is 0 Å². The molecule has 4 nitrogen and oxygen atoms in total. The molecule has 1 heterocycles. The molecule has 2 N–H and O–H groups in total. The lowest BCUT2D eigenvalue weighted by molar-refractivity contribution is 0.510. The van der Waals surface area contributed by atoms with Crippen molar-refractivity contribution in [3.8, 4) is 0 Å². The standard InChI is InChI=1S/C16H24N2O2S/c19-21(20,18-14-7-3-1-2-4-8-14)15-9-10-16-13(12-15)6-5-11-17-16/h9-10,12,14,17-18H,1-8,11H2. The van der Waals surface area contributed by atoms with E-state index in [1.807, 2.05) is 12.1 Å². The first-order valence-corrected chi connectivity index (χ1v) is 9.53. The summed E-state index contributed by atoms with van der Waals surface area (Å²) in [6.45, 7) is 0.972. The molecule has 1 aliphatic heterocycles. The van der Waals surface area contributed by atoms with Crippen LogP contribution in [0.4, 0.5) is 5.69 Å². The van der Waals surface area contributed by atoms with Gasteiger partial charge in [0.25, 0.3) is 0 Å². The molecule has 2 aliphatic rings. The van der Waals surface area contributed by atoms with Crippen molar-refractivity contribution in [3.63, 3.8) is 0 Å². The molecule has 0 spiro atoms. The number of hydrogen-bond donors (Lipinski definition) is 2. The van der Waals surface area contributed by atoms with Crippen molar-refractivity contribution >= 4 is 15.7 Å². The minimum absolute atomic E-state index is 0.103. The van der Waals surface area contributed by atoms with Crippen LogP contribution in [0.3, 0.4) is 0 Å². The molecule has 1 aromatic carbocycles. The van der Waals surface area contributed by atoms with E-state index in [0.29, 0.717) is 4.90 Å². The van der Waals surface area contributed by atoms with E-state index >= 15 is 0 Å². The van der Waals surface area contributed by atoms with Crippen LogP contribution in [0.2, 0.25) is 0 Å². The molecule has 0 aromatic heterocycles. The topological polar surface area (TPSA) is 58.2 Å². The third-order valence-corrected chi connectivity index (χ3v) is 6.02. The maximum Gasteiger partial charge on any atom is 0.240 e. The number of benzene rings is 1. The second kappa shape index (κ2) is 6.36. The predicted molar refractivity (Wildman–Crippen MR) is 85.1 cm³/mol. The molecule has 0 unspecified atom stereocenters. The molecular weight excluding hydrogens is 284 g/mol. The Bertz CT molecular complexity index is 590. The van der Waals surface area contributed by atoms with E-state index in [2.05, 4.69) is 10.0 Å². The van der Waals surface area contributed by atoms with Crippen molar-refractivity contribution in [2.75, 3.05) is 11.9 Å². The first-order chi connectivity index (χ1) is 10.1. The molecule has 1 aromatic rings. The molecule has 1 fully saturated rings. The summed E-state index contributed by atoms with van der Waals surface area (Å²) in [4.78, 5) is 0.411. The van der Waals surface area contributed by atoms with Crippen LogP contribution in [-0.2, 0) is 16.4 Å². The normalized spacial score (nSPS) is 20.4. The summed E-state index contributed by atoms with van der Waals surface area (Å²) in [5.74, 6) is 0. The second-order valence-electron chi connectivity index (χ2n) is 6.16. The van der Waals surface area contributed by atoms with Gasteiger partial charge in [0.1, 0.15) is 0 Å². The third kappa shape index (κ3) is 3.58. The summed E-state index contributed by atoms with van der Waals surface area (Å²) in [5, 5.41) is 3.32. The Morgan fingerprint density at radius 3 is 2.57 bits per heavy atom. The summed E-state index contributed by atoms with van der Waals surface area (Å²) in [6, 6.07) is 5.55. The van der Waals surface area contributed by atoms with Gasteiger partial charge in [-0.1, -0.05) is 25.7 Å². The molecule has 0 saturated heterocycles. The van der Waals surface area contributed by atoms with Crippen LogP contribution in [0.25, 0.3) is 0 Å². The maximum absolute atomic E-state index is 12.6. The number of anilines is 1. The van der Waals surface area contributed by atoms with Crippen LogP contribution in [0.15, 0.2) is 23.1 Å². The van der Waals surface area contributed by atoms with Gasteiger partial charge in [-0.05, 0) is 49.4 Å². The SMILES string of the molecule is O=S(=O)(NC1CCCCCC1)c1ccc2c(c1)CCCN2. The van der Waals surface area contributed by atoms with E-state index in [4.69, 9.17) is 0 Å². The average molecular weight is 308 g/mol. The van der Waals surface area contributed by atoms with Gasteiger partial charge in [0.2, 0.25) is 10.0 Å². The van der Waals surface area contributed by atoms with Gasteiger partial charge in [-0.2, -0.15) is 0 Å². The smallest absolute Gasteiger partial charge is 0.240 e. The molecule has 3 rings (SSSR count). The fraction of sp³-hybridized carbons (Fsp3) is 0.625. The first-order valence-electron chi connectivity index (χ1n) is 8.04. The Hall–Kier alpha value is -1.07. The summed E-state index contributed by atoms with van der Waals surface area (Å²) >= 11 is 0. The molecule has 0 radical (unpaired) electrons. The van der Waals surface area contributed by atoms with Gasteiger partial charge in [0.15, 0.2) is 0 Å². The van der Waals surface area contributed by atoms with Crippen molar-refractivity contribution in [3.05, 3.63) is 23.8 Å². The lowest BCUT2D eigenvalue weighted by atomic mass is 10.0. The lowest BCUT2D eigenvalue weighted by Gasteiger charge is -2.20.